The van der Waals surface area contributed by atoms with Gasteiger partial charge in [-0.2, -0.15) is 0 Å². The van der Waals surface area contributed by atoms with Crippen LogP contribution in [0.1, 0.15) is 20.8 Å². The minimum Gasteiger partial charge on any atom is -0.490 e. The van der Waals surface area contributed by atoms with Gasteiger partial charge in [-0.15, -0.1) is 0 Å². The van der Waals surface area contributed by atoms with E-state index in [4.69, 9.17) is 14.2 Å². The van der Waals surface area contributed by atoms with Gasteiger partial charge in [0.05, 0.1) is 20.3 Å². The summed E-state index contributed by atoms with van der Waals surface area (Å²) in [6.07, 6.45) is 0. The van der Waals surface area contributed by atoms with Gasteiger partial charge >= 0.3 is 5.97 Å². The largest absolute Gasteiger partial charge is 0.490 e. The Balaban J connectivity index is 2.52. The third kappa shape index (κ3) is 6.04. The molecule has 0 N–H and O–H groups in total. The van der Waals surface area contributed by atoms with Crippen LogP contribution in [-0.4, -0.2) is 50.3 Å². The Labute approximate surface area is 126 Å². The van der Waals surface area contributed by atoms with Crippen LogP contribution in [0.3, 0.4) is 0 Å². The van der Waals surface area contributed by atoms with Crippen molar-refractivity contribution in [3.63, 3.8) is 0 Å². The molecule has 0 aliphatic carbocycles. The van der Waals surface area contributed by atoms with Crippen LogP contribution < -0.4 is 9.47 Å². The van der Waals surface area contributed by atoms with Gasteiger partial charge in [-0.1, -0.05) is 12.1 Å². The normalized spacial score (nSPS) is 10.8. The van der Waals surface area contributed by atoms with Crippen LogP contribution in [0.4, 0.5) is 0 Å². The highest BCUT2D eigenvalue weighted by Crippen LogP contribution is 2.26. The maximum Gasteiger partial charge on any atom is 0.319 e. The van der Waals surface area contributed by atoms with E-state index in [9.17, 15) is 4.79 Å². The van der Waals surface area contributed by atoms with E-state index in [0.717, 1.165) is 11.5 Å². The molecule has 0 bridgehead atoms. The summed E-state index contributed by atoms with van der Waals surface area (Å²) in [7, 11) is 1.40. The summed E-state index contributed by atoms with van der Waals surface area (Å²) in [6.45, 7) is 8.01. The molecule has 0 aromatic heterocycles. The van der Waals surface area contributed by atoms with Gasteiger partial charge in [-0.05, 0) is 32.9 Å². The molecule has 5 nitrogen and oxygen atoms in total. The Morgan fingerprint density at radius 2 is 1.81 bits per heavy atom. The lowest BCUT2D eigenvalue weighted by atomic mass is 10.3. The smallest absolute Gasteiger partial charge is 0.319 e. The summed E-state index contributed by atoms with van der Waals surface area (Å²) in [5.41, 5.74) is 0. The third-order valence-corrected chi connectivity index (χ3v) is 3.08. The number of hydrogen-bond donors (Lipinski definition) is 0. The van der Waals surface area contributed by atoms with E-state index < -0.39 is 0 Å². The topological polar surface area (TPSA) is 48.0 Å². The molecule has 0 aliphatic rings. The number of benzene rings is 1. The fraction of sp³-hybridized carbons (Fsp3) is 0.562. The van der Waals surface area contributed by atoms with E-state index in [0.29, 0.717) is 19.8 Å². The predicted molar refractivity (Wildman–Crippen MR) is 81.8 cm³/mol. The first kappa shape index (κ1) is 17.3. The van der Waals surface area contributed by atoms with Crippen molar-refractivity contribution in [2.45, 2.75) is 26.8 Å². The standard InChI is InChI=1S/C16H25NO4/c1-5-20-14-8-6-7-9-15(14)21-11-10-17(13(2)3)12-16(18)19-4/h6-9,13H,5,10-12H2,1-4H3. The Bertz CT molecular complexity index is 434. The SMILES string of the molecule is CCOc1ccccc1OCCN(CC(=O)OC)C(C)C. The van der Waals surface area contributed by atoms with Gasteiger partial charge in [-0.3, -0.25) is 9.69 Å². The van der Waals surface area contributed by atoms with Crippen molar-refractivity contribution >= 4 is 5.97 Å². The average molecular weight is 295 g/mol. The highest BCUT2D eigenvalue weighted by atomic mass is 16.5. The number of carbonyl (C=O) groups is 1. The highest BCUT2D eigenvalue weighted by molar-refractivity contribution is 5.71. The zero-order valence-electron chi connectivity index (χ0n) is 13.3. The number of esters is 1. The lowest BCUT2D eigenvalue weighted by Gasteiger charge is -2.25. The fourth-order valence-corrected chi connectivity index (χ4v) is 1.87. The zero-order chi connectivity index (χ0) is 15.7. The maximum absolute atomic E-state index is 11.4. The summed E-state index contributed by atoms with van der Waals surface area (Å²) in [6, 6.07) is 7.83. The molecule has 0 aliphatic heterocycles. The summed E-state index contributed by atoms with van der Waals surface area (Å²) in [5, 5.41) is 0. The first-order valence-corrected chi connectivity index (χ1v) is 7.24. The second kappa shape index (κ2) is 9.23. The van der Waals surface area contributed by atoms with E-state index in [1.165, 1.54) is 7.11 Å². The van der Waals surface area contributed by atoms with Gasteiger partial charge in [0.1, 0.15) is 6.61 Å². The lowest BCUT2D eigenvalue weighted by Crippen LogP contribution is -2.39. The lowest BCUT2D eigenvalue weighted by molar-refractivity contribution is -0.142. The number of rotatable bonds is 9. The number of carbonyl (C=O) groups excluding carboxylic acids is 1. The Hall–Kier alpha value is -1.75. The van der Waals surface area contributed by atoms with Gasteiger partial charge < -0.3 is 14.2 Å². The molecule has 1 aromatic carbocycles. The summed E-state index contributed by atoms with van der Waals surface area (Å²) in [4.78, 5) is 13.4. The molecule has 0 unspecified atom stereocenters. The molecule has 5 heteroatoms. The van der Waals surface area contributed by atoms with Crippen LogP contribution >= 0.6 is 0 Å². The molecular weight excluding hydrogens is 270 g/mol. The Morgan fingerprint density at radius 1 is 1.19 bits per heavy atom. The number of ether oxygens (including phenoxy) is 3. The summed E-state index contributed by atoms with van der Waals surface area (Å²) < 4.78 is 16.0. The number of nitrogens with zero attached hydrogens (tertiary/aromatic N) is 1. The average Bonchev–Trinajstić information content (AvgIpc) is 2.47. The van der Waals surface area contributed by atoms with Crippen molar-refractivity contribution in [1.82, 2.24) is 4.90 Å². The molecule has 0 fully saturated rings. The van der Waals surface area contributed by atoms with Gasteiger partial charge in [0.15, 0.2) is 11.5 Å². The quantitative estimate of drug-likeness (QED) is 0.654. The van der Waals surface area contributed by atoms with Gasteiger partial charge in [-0.25, -0.2) is 0 Å². The van der Waals surface area contributed by atoms with Crippen LogP contribution in [-0.2, 0) is 9.53 Å². The first-order chi connectivity index (χ1) is 10.1. The van der Waals surface area contributed by atoms with Crippen molar-refractivity contribution in [3.05, 3.63) is 24.3 Å². The molecule has 118 valence electrons. The molecule has 0 saturated heterocycles. The first-order valence-electron chi connectivity index (χ1n) is 7.24. The second-order valence-corrected chi connectivity index (χ2v) is 4.87. The molecular formula is C16H25NO4. The van der Waals surface area contributed by atoms with Gasteiger partial charge in [0.2, 0.25) is 0 Å². The van der Waals surface area contributed by atoms with Crippen LogP contribution in [0.2, 0.25) is 0 Å². The molecule has 0 atom stereocenters. The molecule has 21 heavy (non-hydrogen) atoms. The third-order valence-electron chi connectivity index (χ3n) is 3.08. The summed E-state index contributed by atoms with van der Waals surface area (Å²) in [5.74, 6) is 1.23. The van der Waals surface area contributed by atoms with Gasteiger partial charge in [0, 0.05) is 12.6 Å². The molecule has 0 spiro atoms. The molecule has 0 heterocycles. The van der Waals surface area contributed by atoms with E-state index in [2.05, 4.69) is 0 Å². The van der Waals surface area contributed by atoms with Crippen molar-refractivity contribution in [1.29, 1.82) is 0 Å². The zero-order valence-corrected chi connectivity index (χ0v) is 13.3. The van der Waals surface area contributed by atoms with E-state index >= 15 is 0 Å². The highest BCUT2D eigenvalue weighted by Gasteiger charge is 2.14. The second-order valence-electron chi connectivity index (χ2n) is 4.87. The number of hydrogen-bond acceptors (Lipinski definition) is 5. The predicted octanol–water partition coefficient (Wildman–Crippen LogP) is 2.35. The van der Waals surface area contributed by atoms with Crippen molar-refractivity contribution in [2.75, 3.05) is 33.4 Å². The van der Waals surface area contributed by atoms with Crippen molar-refractivity contribution < 1.29 is 19.0 Å². The maximum atomic E-state index is 11.4. The minimum atomic E-state index is -0.238. The molecule has 1 rings (SSSR count). The molecule has 0 radical (unpaired) electrons. The van der Waals surface area contributed by atoms with Crippen LogP contribution in [0, 0.1) is 0 Å². The van der Waals surface area contributed by atoms with Gasteiger partial charge in [0.25, 0.3) is 0 Å². The van der Waals surface area contributed by atoms with E-state index in [1.807, 2.05) is 49.9 Å². The molecule has 1 aromatic rings. The minimum absolute atomic E-state index is 0.238. The molecule has 0 amide bonds. The molecule has 0 saturated carbocycles. The monoisotopic (exact) mass is 295 g/mol. The van der Waals surface area contributed by atoms with Crippen LogP contribution in [0.15, 0.2) is 24.3 Å². The Morgan fingerprint density at radius 3 is 2.33 bits per heavy atom. The van der Waals surface area contributed by atoms with Crippen molar-refractivity contribution in [3.8, 4) is 11.5 Å². The number of para-hydroxylation sites is 2. The fourth-order valence-electron chi connectivity index (χ4n) is 1.87. The van der Waals surface area contributed by atoms with Crippen LogP contribution in [0.25, 0.3) is 0 Å². The van der Waals surface area contributed by atoms with Crippen LogP contribution in [0.5, 0.6) is 11.5 Å². The number of methoxy groups -OCH3 is 1. The van der Waals surface area contributed by atoms with E-state index in [-0.39, 0.29) is 18.6 Å². The van der Waals surface area contributed by atoms with E-state index in [1.54, 1.807) is 0 Å². The van der Waals surface area contributed by atoms with Crippen molar-refractivity contribution in [2.24, 2.45) is 0 Å². The summed E-state index contributed by atoms with van der Waals surface area (Å²) >= 11 is 0. The Kier molecular flexibility index (Phi) is 7.61.